The fourth-order valence-corrected chi connectivity index (χ4v) is 2.30. The maximum atomic E-state index is 5.88. The van der Waals surface area contributed by atoms with Gasteiger partial charge in [-0.3, -0.25) is 0 Å². The van der Waals surface area contributed by atoms with Crippen LogP contribution in [0.25, 0.3) is 0 Å². The smallest absolute Gasteiger partial charge is 0.0579 e. The molecule has 2 saturated heterocycles. The van der Waals surface area contributed by atoms with Gasteiger partial charge in [-0.25, -0.2) is 0 Å². The summed E-state index contributed by atoms with van der Waals surface area (Å²) in [6.45, 7) is 0. The summed E-state index contributed by atoms with van der Waals surface area (Å²) in [5, 5.41) is 0. The van der Waals surface area contributed by atoms with Crippen LogP contribution >= 0.6 is 0 Å². The van der Waals surface area contributed by atoms with Crippen molar-refractivity contribution >= 4 is 0 Å². The van der Waals surface area contributed by atoms with Crippen molar-refractivity contribution < 1.29 is 4.74 Å². The molecule has 0 N–H and O–H groups in total. The highest BCUT2D eigenvalue weighted by atomic mass is 16.5. The molecule has 2 heterocycles. The molecule has 0 aliphatic carbocycles. The Hall–Kier alpha value is -0.0400. The zero-order valence-corrected chi connectivity index (χ0v) is 7.22. The van der Waals surface area contributed by atoms with E-state index in [0.717, 1.165) is 0 Å². The molecule has 2 unspecified atom stereocenters. The number of hydrogen-bond acceptors (Lipinski definition) is 1. The average molecular weight is 154 g/mol. The number of ether oxygens (including phenoxy) is 1. The Balaban J connectivity index is 1.88. The normalized spacial score (nSPS) is 39.3. The minimum atomic E-state index is 0.637. The Morgan fingerprint density at radius 1 is 0.636 bits per heavy atom. The van der Waals surface area contributed by atoms with E-state index in [2.05, 4.69) is 0 Å². The zero-order valence-electron chi connectivity index (χ0n) is 7.22. The van der Waals surface area contributed by atoms with Crippen LogP contribution in [0.3, 0.4) is 0 Å². The van der Waals surface area contributed by atoms with Gasteiger partial charge >= 0.3 is 0 Å². The monoisotopic (exact) mass is 154 g/mol. The van der Waals surface area contributed by atoms with Crippen molar-refractivity contribution in [3.05, 3.63) is 0 Å². The SMILES string of the molecule is C1CCCC2CCC(CC1)O2. The third-order valence-electron chi connectivity index (χ3n) is 3.00. The van der Waals surface area contributed by atoms with Crippen LogP contribution in [-0.4, -0.2) is 12.2 Å². The van der Waals surface area contributed by atoms with Gasteiger partial charge in [-0.15, -0.1) is 0 Å². The van der Waals surface area contributed by atoms with Crippen molar-refractivity contribution in [1.29, 1.82) is 0 Å². The molecule has 0 spiro atoms. The molecule has 0 radical (unpaired) electrons. The Labute approximate surface area is 69.1 Å². The Morgan fingerprint density at radius 3 is 1.73 bits per heavy atom. The lowest BCUT2D eigenvalue weighted by Crippen LogP contribution is -2.09. The van der Waals surface area contributed by atoms with Crippen molar-refractivity contribution in [2.24, 2.45) is 0 Å². The summed E-state index contributed by atoms with van der Waals surface area (Å²) in [7, 11) is 0. The highest BCUT2D eigenvalue weighted by Gasteiger charge is 2.24. The summed E-state index contributed by atoms with van der Waals surface area (Å²) >= 11 is 0. The molecule has 2 aliphatic rings. The molecule has 0 amide bonds. The van der Waals surface area contributed by atoms with Crippen LogP contribution < -0.4 is 0 Å². The Kier molecular flexibility index (Phi) is 2.47. The molecule has 0 aromatic carbocycles. The van der Waals surface area contributed by atoms with Crippen molar-refractivity contribution in [1.82, 2.24) is 0 Å². The second-order valence-electron chi connectivity index (χ2n) is 3.95. The fourth-order valence-electron chi connectivity index (χ4n) is 2.30. The average Bonchev–Trinajstić information content (AvgIpc) is 2.49. The van der Waals surface area contributed by atoms with E-state index in [1.165, 1.54) is 51.4 Å². The van der Waals surface area contributed by atoms with Gasteiger partial charge in [0.1, 0.15) is 0 Å². The molecule has 2 bridgehead atoms. The van der Waals surface area contributed by atoms with E-state index >= 15 is 0 Å². The molecule has 2 aliphatic heterocycles. The van der Waals surface area contributed by atoms with Crippen LogP contribution in [0.5, 0.6) is 0 Å². The van der Waals surface area contributed by atoms with E-state index in [9.17, 15) is 0 Å². The van der Waals surface area contributed by atoms with Crippen LogP contribution in [-0.2, 0) is 4.74 Å². The summed E-state index contributed by atoms with van der Waals surface area (Å²) in [5.74, 6) is 0. The lowest BCUT2D eigenvalue weighted by atomic mass is 10.0. The quantitative estimate of drug-likeness (QED) is 0.521. The molecule has 0 saturated carbocycles. The zero-order chi connectivity index (χ0) is 7.52. The second kappa shape index (κ2) is 3.57. The van der Waals surface area contributed by atoms with Gasteiger partial charge in [0.25, 0.3) is 0 Å². The molecule has 64 valence electrons. The molecule has 2 atom stereocenters. The molecule has 1 nitrogen and oxygen atoms in total. The van der Waals surface area contributed by atoms with Gasteiger partial charge in [-0.05, 0) is 25.7 Å². The molecule has 11 heavy (non-hydrogen) atoms. The molecular weight excluding hydrogens is 136 g/mol. The summed E-state index contributed by atoms with van der Waals surface area (Å²) in [6, 6.07) is 0. The molecule has 1 heteroatoms. The first kappa shape index (κ1) is 7.60. The van der Waals surface area contributed by atoms with Crippen molar-refractivity contribution in [2.45, 2.75) is 63.6 Å². The first-order valence-electron chi connectivity index (χ1n) is 5.10. The predicted molar refractivity (Wildman–Crippen MR) is 45.6 cm³/mol. The van der Waals surface area contributed by atoms with Gasteiger partial charge in [-0.2, -0.15) is 0 Å². The standard InChI is InChI=1S/C10H18O/c1-2-4-6-10-8-7-9(11-10)5-3-1/h9-10H,1-8H2. The van der Waals surface area contributed by atoms with Gasteiger partial charge in [-0.1, -0.05) is 25.7 Å². The van der Waals surface area contributed by atoms with E-state index in [1.807, 2.05) is 0 Å². The van der Waals surface area contributed by atoms with E-state index in [-0.39, 0.29) is 0 Å². The van der Waals surface area contributed by atoms with Crippen LogP contribution in [0.15, 0.2) is 0 Å². The van der Waals surface area contributed by atoms with E-state index in [1.54, 1.807) is 0 Å². The first-order chi connectivity index (χ1) is 5.45. The maximum absolute atomic E-state index is 5.88. The second-order valence-corrected chi connectivity index (χ2v) is 3.95. The highest BCUT2D eigenvalue weighted by Crippen LogP contribution is 2.29. The minimum absolute atomic E-state index is 0.637. The van der Waals surface area contributed by atoms with Crippen LogP contribution in [0.2, 0.25) is 0 Å². The van der Waals surface area contributed by atoms with Crippen LogP contribution in [0, 0.1) is 0 Å². The van der Waals surface area contributed by atoms with Gasteiger partial charge in [0, 0.05) is 0 Å². The summed E-state index contributed by atoms with van der Waals surface area (Å²) in [6.07, 6.45) is 12.3. The third-order valence-corrected chi connectivity index (χ3v) is 3.00. The van der Waals surface area contributed by atoms with Gasteiger partial charge in [0.2, 0.25) is 0 Å². The maximum Gasteiger partial charge on any atom is 0.0579 e. The lowest BCUT2D eigenvalue weighted by molar-refractivity contribution is 0.0376. The topological polar surface area (TPSA) is 9.23 Å². The van der Waals surface area contributed by atoms with E-state index in [0.29, 0.717) is 12.2 Å². The molecule has 2 rings (SSSR count). The highest BCUT2D eigenvalue weighted by molar-refractivity contribution is 4.75. The van der Waals surface area contributed by atoms with Gasteiger partial charge in [0.15, 0.2) is 0 Å². The lowest BCUT2D eigenvalue weighted by Gasteiger charge is -2.10. The molecule has 0 aromatic rings. The largest absolute Gasteiger partial charge is 0.375 e. The van der Waals surface area contributed by atoms with Crippen LogP contribution in [0.1, 0.15) is 51.4 Å². The van der Waals surface area contributed by atoms with E-state index in [4.69, 9.17) is 4.74 Å². The molecule has 0 aromatic heterocycles. The summed E-state index contributed by atoms with van der Waals surface area (Å²) in [5.41, 5.74) is 0. The number of rotatable bonds is 0. The molecule has 2 fully saturated rings. The predicted octanol–water partition coefficient (Wildman–Crippen LogP) is 2.89. The van der Waals surface area contributed by atoms with E-state index < -0.39 is 0 Å². The van der Waals surface area contributed by atoms with Crippen LogP contribution in [0.4, 0.5) is 0 Å². The molecular formula is C10H18O. The first-order valence-corrected chi connectivity index (χ1v) is 5.10. The number of fused-ring (bicyclic) bond motifs is 2. The Bertz CT molecular complexity index is 108. The van der Waals surface area contributed by atoms with Crippen molar-refractivity contribution in [2.75, 3.05) is 0 Å². The Morgan fingerprint density at radius 2 is 1.18 bits per heavy atom. The van der Waals surface area contributed by atoms with Crippen molar-refractivity contribution in [3.63, 3.8) is 0 Å². The third kappa shape index (κ3) is 1.96. The summed E-state index contributed by atoms with van der Waals surface area (Å²) in [4.78, 5) is 0. The van der Waals surface area contributed by atoms with Crippen molar-refractivity contribution in [3.8, 4) is 0 Å². The minimum Gasteiger partial charge on any atom is -0.375 e. The fraction of sp³-hybridized carbons (Fsp3) is 1.00. The summed E-state index contributed by atoms with van der Waals surface area (Å²) < 4.78 is 5.88. The van der Waals surface area contributed by atoms with Gasteiger partial charge < -0.3 is 4.74 Å². The number of hydrogen-bond donors (Lipinski definition) is 0. The van der Waals surface area contributed by atoms with Gasteiger partial charge in [0.05, 0.1) is 12.2 Å².